The molecule has 29 heavy (non-hydrogen) atoms. The molecule has 1 aromatic heterocycles. The predicted octanol–water partition coefficient (Wildman–Crippen LogP) is 4.27. The highest BCUT2D eigenvalue weighted by Gasteiger charge is 2.18. The molecule has 2 N–H and O–H groups in total. The van der Waals surface area contributed by atoms with Crippen molar-refractivity contribution in [1.29, 1.82) is 0 Å². The first-order valence-electron chi connectivity index (χ1n) is 9.34. The quantitative estimate of drug-likeness (QED) is 0.611. The Morgan fingerprint density at radius 2 is 1.97 bits per heavy atom. The number of aromatic nitrogens is 1. The Bertz CT molecular complexity index is 1020. The van der Waals surface area contributed by atoms with E-state index in [2.05, 4.69) is 15.6 Å². The number of amides is 2. The summed E-state index contributed by atoms with van der Waals surface area (Å²) < 4.78 is 5.64. The molecule has 150 valence electrons. The maximum atomic E-state index is 12.5. The van der Waals surface area contributed by atoms with E-state index in [0.717, 1.165) is 22.6 Å². The number of para-hydroxylation sites is 1. The minimum atomic E-state index is -0.703. The Balaban J connectivity index is 1.65. The van der Waals surface area contributed by atoms with E-state index in [9.17, 15) is 9.59 Å². The van der Waals surface area contributed by atoms with E-state index in [1.165, 1.54) is 11.3 Å². The van der Waals surface area contributed by atoms with Gasteiger partial charge in [-0.25, -0.2) is 4.98 Å². The molecule has 3 aromatic rings. The van der Waals surface area contributed by atoms with Gasteiger partial charge in [-0.3, -0.25) is 9.59 Å². The first-order valence-corrected chi connectivity index (χ1v) is 10.2. The van der Waals surface area contributed by atoms with E-state index in [-0.39, 0.29) is 11.8 Å². The summed E-state index contributed by atoms with van der Waals surface area (Å²) in [7, 11) is 0. The van der Waals surface area contributed by atoms with Gasteiger partial charge in [0.2, 0.25) is 5.91 Å². The Morgan fingerprint density at radius 3 is 2.72 bits per heavy atom. The molecule has 0 saturated heterocycles. The lowest BCUT2D eigenvalue weighted by atomic mass is 10.1. The summed E-state index contributed by atoms with van der Waals surface area (Å²) in [4.78, 5) is 29.3. The molecule has 0 radical (unpaired) electrons. The van der Waals surface area contributed by atoms with Crippen LogP contribution in [0.5, 0.6) is 5.75 Å². The van der Waals surface area contributed by atoms with Crippen molar-refractivity contribution in [3.63, 3.8) is 0 Å². The van der Waals surface area contributed by atoms with Crippen LogP contribution in [0.25, 0.3) is 11.3 Å². The maximum absolute atomic E-state index is 12.5. The number of thiazole rings is 1. The molecule has 1 atom stereocenters. The SMILES string of the molecule is CCOc1ccccc1-c1csc(NC(=O)C(C)NC(=O)c2cccc(C)c2)n1. The number of anilines is 1. The van der Waals surface area contributed by atoms with Gasteiger partial charge in [0.1, 0.15) is 11.8 Å². The van der Waals surface area contributed by atoms with Crippen molar-refractivity contribution < 1.29 is 14.3 Å². The second-order valence-corrected chi connectivity index (χ2v) is 7.38. The number of aryl methyl sites for hydroxylation is 1. The molecule has 0 saturated carbocycles. The van der Waals surface area contributed by atoms with Crippen LogP contribution >= 0.6 is 11.3 Å². The summed E-state index contributed by atoms with van der Waals surface area (Å²) in [5.74, 6) is 0.128. The van der Waals surface area contributed by atoms with Crippen LogP contribution in [0, 0.1) is 6.92 Å². The third-order valence-electron chi connectivity index (χ3n) is 4.22. The molecule has 3 rings (SSSR count). The molecule has 6 nitrogen and oxygen atoms in total. The van der Waals surface area contributed by atoms with E-state index >= 15 is 0 Å². The molecule has 2 aromatic carbocycles. The van der Waals surface area contributed by atoms with Crippen LogP contribution in [0.3, 0.4) is 0 Å². The molecule has 2 amide bonds. The summed E-state index contributed by atoms with van der Waals surface area (Å²) in [6.45, 7) is 6.04. The second-order valence-electron chi connectivity index (χ2n) is 6.52. The molecule has 0 aliphatic heterocycles. The first-order chi connectivity index (χ1) is 14.0. The highest BCUT2D eigenvalue weighted by atomic mass is 32.1. The average molecular weight is 410 g/mol. The first kappa shape index (κ1) is 20.5. The minimum Gasteiger partial charge on any atom is -0.493 e. The van der Waals surface area contributed by atoms with Gasteiger partial charge >= 0.3 is 0 Å². The van der Waals surface area contributed by atoms with Gasteiger partial charge < -0.3 is 15.4 Å². The summed E-state index contributed by atoms with van der Waals surface area (Å²) in [5, 5.41) is 7.81. The fourth-order valence-electron chi connectivity index (χ4n) is 2.76. The van der Waals surface area contributed by atoms with E-state index in [1.54, 1.807) is 19.1 Å². The van der Waals surface area contributed by atoms with E-state index in [0.29, 0.717) is 17.3 Å². The number of benzene rings is 2. The Labute approximate surface area is 173 Å². The van der Waals surface area contributed by atoms with Gasteiger partial charge in [-0.1, -0.05) is 29.8 Å². The highest BCUT2D eigenvalue weighted by molar-refractivity contribution is 7.14. The summed E-state index contributed by atoms with van der Waals surface area (Å²) in [6.07, 6.45) is 0. The number of hydrogen-bond donors (Lipinski definition) is 2. The molecule has 1 unspecified atom stereocenters. The van der Waals surface area contributed by atoms with Crippen LogP contribution in [0.15, 0.2) is 53.9 Å². The smallest absolute Gasteiger partial charge is 0.251 e. The molecule has 0 bridgehead atoms. The zero-order chi connectivity index (χ0) is 20.8. The monoisotopic (exact) mass is 409 g/mol. The number of hydrogen-bond acceptors (Lipinski definition) is 5. The van der Waals surface area contributed by atoms with Crippen molar-refractivity contribution in [3.8, 4) is 17.0 Å². The van der Waals surface area contributed by atoms with Gasteiger partial charge in [0.25, 0.3) is 5.91 Å². The molecule has 0 fully saturated rings. The molecule has 0 aliphatic carbocycles. The number of rotatable bonds is 7. The summed E-state index contributed by atoms with van der Waals surface area (Å²) in [6, 6.07) is 14.2. The number of nitrogens with zero attached hydrogens (tertiary/aromatic N) is 1. The Morgan fingerprint density at radius 1 is 1.17 bits per heavy atom. The topological polar surface area (TPSA) is 80.3 Å². The fraction of sp³-hybridized carbons (Fsp3) is 0.227. The van der Waals surface area contributed by atoms with Crippen molar-refractivity contribution in [1.82, 2.24) is 10.3 Å². The highest BCUT2D eigenvalue weighted by Crippen LogP contribution is 2.32. The zero-order valence-electron chi connectivity index (χ0n) is 16.6. The Kier molecular flexibility index (Phi) is 6.61. The standard InChI is InChI=1S/C22H23N3O3S/c1-4-28-19-11-6-5-10-17(19)18-13-29-22(24-18)25-20(26)15(3)23-21(27)16-9-7-8-14(2)12-16/h5-13,15H,4H2,1-3H3,(H,23,27)(H,24,25,26). The van der Waals surface area contributed by atoms with Gasteiger partial charge in [0.05, 0.1) is 12.3 Å². The van der Waals surface area contributed by atoms with Gasteiger partial charge in [-0.15, -0.1) is 11.3 Å². The maximum Gasteiger partial charge on any atom is 0.251 e. The van der Waals surface area contributed by atoms with E-state index < -0.39 is 6.04 Å². The molecular formula is C22H23N3O3S. The van der Waals surface area contributed by atoms with E-state index in [1.807, 2.05) is 55.6 Å². The van der Waals surface area contributed by atoms with Gasteiger partial charge in [0.15, 0.2) is 5.13 Å². The molecule has 7 heteroatoms. The van der Waals surface area contributed by atoms with Crippen LogP contribution in [0.1, 0.15) is 29.8 Å². The zero-order valence-corrected chi connectivity index (χ0v) is 17.4. The van der Waals surface area contributed by atoms with Crippen LogP contribution in [0.4, 0.5) is 5.13 Å². The Hall–Kier alpha value is -3.19. The minimum absolute atomic E-state index is 0.290. The van der Waals surface area contributed by atoms with Crippen LogP contribution in [-0.2, 0) is 4.79 Å². The lowest BCUT2D eigenvalue weighted by Crippen LogP contribution is -2.41. The number of carbonyl (C=O) groups is 2. The lowest BCUT2D eigenvalue weighted by molar-refractivity contribution is -0.117. The number of nitrogens with one attached hydrogen (secondary N) is 2. The molecule has 1 heterocycles. The normalized spacial score (nSPS) is 11.6. The van der Waals surface area contributed by atoms with Crippen LogP contribution < -0.4 is 15.4 Å². The largest absolute Gasteiger partial charge is 0.493 e. The summed E-state index contributed by atoms with van der Waals surface area (Å²) in [5.41, 5.74) is 3.10. The predicted molar refractivity (Wildman–Crippen MR) is 115 cm³/mol. The van der Waals surface area contributed by atoms with Gasteiger partial charge in [-0.2, -0.15) is 0 Å². The molecular weight excluding hydrogens is 386 g/mol. The molecule has 0 spiro atoms. The van der Waals surface area contributed by atoms with Crippen molar-refractivity contribution >= 4 is 28.3 Å². The second kappa shape index (κ2) is 9.34. The summed E-state index contributed by atoms with van der Waals surface area (Å²) >= 11 is 1.32. The fourth-order valence-corrected chi connectivity index (χ4v) is 3.47. The third-order valence-corrected chi connectivity index (χ3v) is 4.98. The molecule has 0 aliphatic rings. The van der Waals surface area contributed by atoms with Crippen LogP contribution in [-0.4, -0.2) is 29.4 Å². The van der Waals surface area contributed by atoms with Crippen molar-refractivity contribution in [2.45, 2.75) is 26.8 Å². The van der Waals surface area contributed by atoms with Gasteiger partial charge in [-0.05, 0) is 45.0 Å². The van der Waals surface area contributed by atoms with Gasteiger partial charge in [0, 0.05) is 16.5 Å². The van der Waals surface area contributed by atoms with Crippen LogP contribution in [0.2, 0.25) is 0 Å². The lowest BCUT2D eigenvalue weighted by Gasteiger charge is -2.13. The van der Waals surface area contributed by atoms with Crippen molar-refractivity contribution in [2.75, 3.05) is 11.9 Å². The third kappa shape index (κ3) is 5.20. The van der Waals surface area contributed by atoms with Crippen molar-refractivity contribution in [2.24, 2.45) is 0 Å². The number of carbonyl (C=O) groups excluding carboxylic acids is 2. The average Bonchev–Trinajstić information content (AvgIpc) is 3.16. The van der Waals surface area contributed by atoms with Crippen molar-refractivity contribution in [3.05, 3.63) is 65.0 Å². The van der Waals surface area contributed by atoms with E-state index in [4.69, 9.17) is 4.74 Å². The number of ether oxygens (including phenoxy) is 1.